The normalized spacial score (nSPS) is 18.1. The second-order valence-corrected chi connectivity index (χ2v) is 6.05. The summed E-state index contributed by atoms with van der Waals surface area (Å²) in [6.45, 7) is 8.17. The lowest BCUT2D eigenvalue weighted by Gasteiger charge is -2.31. The summed E-state index contributed by atoms with van der Waals surface area (Å²) < 4.78 is 1.15. The van der Waals surface area contributed by atoms with Crippen LogP contribution in [-0.2, 0) is 6.54 Å². The molecule has 0 amide bonds. The largest absolute Gasteiger partial charge is 0.312 e. The van der Waals surface area contributed by atoms with Gasteiger partial charge in [0.1, 0.15) is 0 Å². The van der Waals surface area contributed by atoms with Gasteiger partial charge in [0.05, 0.1) is 0 Å². The molecule has 0 radical (unpaired) electrons. The van der Waals surface area contributed by atoms with Crippen LogP contribution in [0.5, 0.6) is 0 Å². The predicted octanol–water partition coefficient (Wildman–Crippen LogP) is 3.27. The Morgan fingerprint density at radius 1 is 1.22 bits per heavy atom. The maximum atomic E-state index is 3.59. The summed E-state index contributed by atoms with van der Waals surface area (Å²) in [6, 6.07) is 8.57. The smallest absolute Gasteiger partial charge is 0.0205 e. The Morgan fingerprint density at radius 3 is 2.50 bits per heavy atom. The van der Waals surface area contributed by atoms with Crippen molar-refractivity contribution in [2.75, 3.05) is 26.2 Å². The molecule has 0 aromatic heterocycles. The van der Waals surface area contributed by atoms with Gasteiger partial charge >= 0.3 is 0 Å². The summed E-state index contributed by atoms with van der Waals surface area (Å²) in [5, 5.41) is 3.59. The maximum Gasteiger partial charge on any atom is 0.0205 e. The highest BCUT2D eigenvalue weighted by Gasteiger charge is 2.17. The number of piperidine rings is 1. The van der Waals surface area contributed by atoms with Crippen molar-refractivity contribution < 1.29 is 0 Å². The van der Waals surface area contributed by atoms with E-state index in [0.29, 0.717) is 0 Å². The standard InChI is InChI=1S/C15H23BrN2/c1-2-18-9-7-14(8-10-18)12-17-11-13-3-5-15(16)6-4-13/h3-6,14,17H,2,7-12H2,1H3. The maximum absolute atomic E-state index is 3.59. The summed E-state index contributed by atoms with van der Waals surface area (Å²) in [6.07, 6.45) is 2.70. The van der Waals surface area contributed by atoms with Crippen LogP contribution in [-0.4, -0.2) is 31.1 Å². The third kappa shape index (κ3) is 4.38. The molecular weight excluding hydrogens is 288 g/mol. The topological polar surface area (TPSA) is 15.3 Å². The SMILES string of the molecule is CCN1CCC(CNCc2ccc(Br)cc2)CC1. The molecule has 0 bridgehead atoms. The lowest BCUT2D eigenvalue weighted by atomic mass is 9.97. The lowest BCUT2D eigenvalue weighted by Crippen LogP contribution is -2.36. The quantitative estimate of drug-likeness (QED) is 0.898. The first-order valence-corrected chi connectivity index (χ1v) is 7.74. The summed E-state index contributed by atoms with van der Waals surface area (Å²) in [4.78, 5) is 2.55. The molecule has 1 saturated heterocycles. The average Bonchev–Trinajstić information content (AvgIpc) is 2.42. The number of nitrogens with zero attached hydrogens (tertiary/aromatic N) is 1. The van der Waals surface area contributed by atoms with Gasteiger partial charge < -0.3 is 10.2 Å². The molecule has 2 nitrogen and oxygen atoms in total. The van der Waals surface area contributed by atoms with Gasteiger partial charge in [-0.2, -0.15) is 0 Å². The summed E-state index contributed by atoms with van der Waals surface area (Å²) in [7, 11) is 0. The minimum absolute atomic E-state index is 0.864. The minimum Gasteiger partial charge on any atom is -0.312 e. The third-order valence-corrected chi connectivity index (χ3v) is 4.36. The van der Waals surface area contributed by atoms with Crippen LogP contribution in [0.2, 0.25) is 0 Å². The van der Waals surface area contributed by atoms with E-state index in [0.717, 1.165) is 23.5 Å². The molecule has 18 heavy (non-hydrogen) atoms. The van der Waals surface area contributed by atoms with Crippen molar-refractivity contribution in [1.82, 2.24) is 10.2 Å². The van der Waals surface area contributed by atoms with Crippen molar-refractivity contribution in [2.24, 2.45) is 5.92 Å². The molecule has 1 fully saturated rings. The summed E-state index contributed by atoms with van der Waals surface area (Å²) >= 11 is 3.46. The number of halogens is 1. The number of hydrogen-bond acceptors (Lipinski definition) is 2. The molecule has 100 valence electrons. The van der Waals surface area contributed by atoms with Gasteiger partial charge in [0, 0.05) is 11.0 Å². The Morgan fingerprint density at radius 2 is 1.89 bits per heavy atom. The molecule has 1 aromatic carbocycles. The van der Waals surface area contributed by atoms with Crippen molar-refractivity contribution in [3.63, 3.8) is 0 Å². The molecule has 0 saturated carbocycles. The highest BCUT2D eigenvalue weighted by atomic mass is 79.9. The first-order chi connectivity index (χ1) is 8.78. The zero-order valence-corrected chi connectivity index (χ0v) is 12.7. The molecule has 0 unspecified atom stereocenters. The molecule has 0 spiro atoms. The van der Waals surface area contributed by atoms with E-state index in [2.05, 4.69) is 57.3 Å². The van der Waals surface area contributed by atoms with Crippen LogP contribution >= 0.6 is 15.9 Å². The van der Waals surface area contributed by atoms with Crippen LogP contribution in [0, 0.1) is 5.92 Å². The van der Waals surface area contributed by atoms with E-state index < -0.39 is 0 Å². The van der Waals surface area contributed by atoms with E-state index in [-0.39, 0.29) is 0 Å². The molecular formula is C15H23BrN2. The number of hydrogen-bond donors (Lipinski definition) is 1. The first kappa shape index (κ1) is 14.0. The van der Waals surface area contributed by atoms with E-state index in [4.69, 9.17) is 0 Å². The zero-order chi connectivity index (χ0) is 12.8. The van der Waals surface area contributed by atoms with Crippen LogP contribution in [0.15, 0.2) is 28.7 Å². The fraction of sp³-hybridized carbons (Fsp3) is 0.600. The molecule has 1 aliphatic rings. The number of rotatable bonds is 5. The van der Waals surface area contributed by atoms with Gasteiger partial charge in [0.25, 0.3) is 0 Å². The zero-order valence-electron chi connectivity index (χ0n) is 11.2. The second kappa shape index (κ2) is 7.27. The van der Waals surface area contributed by atoms with Crippen molar-refractivity contribution in [2.45, 2.75) is 26.3 Å². The molecule has 0 aliphatic carbocycles. The Balaban J connectivity index is 1.65. The Hall–Kier alpha value is -0.380. The minimum atomic E-state index is 0.864. The number of benzene rings is 1. The molecule has 1 N–H and O–H groups in total. The summed E-state index contributed by atoms with van der Waals surface area (Å²) in [5.41, 5.74) is 1.36. The Bertz CT molecular complexity index is 342. The monoisotopic (exact) mass is 310 g/mol. The van der Waals surface area contributed by atoms with Gasteiger partial charge in [-0.05, 0) is 62.6 Å². The molecule has 3 heteroatoms. The van der Waals surface area contributed by atoms with Gasteiger partial charge in [-0.1, -0.05) is 35.0 Å². The lowest BCUT2D eigenvalue weighted by molar-refractivity contribution is 0.190. The van der Waals surface area contributed by atoms with Crippen LogP contribution in [0.4, 0.5) is 0 Å². The number of nitrogens with one attached hydrogen (secondary N) is 1. The van der Waals surface area contributed by atoms with E-state index >= 15 is 0 Å². The molecule has 1 aliphatic heterocycles. The Kier molecular flexibility index (Phi) is 5.67. The molecule has 2 rings (SSSR count). The van der Waals surface area contributed by atoms with E-state index in [1.165, 1.54) is 38.0 Å². The van der Waals surface area contributed by atoms with E-state index in [1.807, 2.05) is 0 Å². The molecule has 1 heterocycles. The fourth-order valence-electron chi connectivity index (χ4n) is 2.53. The Labute approximate surface area is 119 Å². The average molecular weight is 311 g/mol. The van der Waals surface area contributed by atoms with Crippen molar-refractivity contribution in [3.05, 3.63) is 34.3 Å². The van der Waals surface area contributed by atoms with E-state index in [1.54, 1.807) is 0 Å². The van der Waals surface area contributed by atoms with Gasteiger partial charge in [0.2, 0.25) is 0 Å². The van der Waals surface area contributed by atoms with Gasteiger partial charge in [-0.15, -0.1) is 0 Å². The third-order valence-electron chi connectivity index (χ3n) is 3.83. The van der Waals surface area contributed by atoms with Gasteiger partial charge in [0.15, 0.2) is 0 Å². The van der Waals surface area contributed by atoms with Crippen molar-refractivity contribution in [1.29, 1.82) is 0 Å². The first-order valence-electron chi connectivity index (χ1n) is 6.95. The van der Waals surface area contributed by atoms with Crippen LogP contribution in [0.25, 0.3) is 0 Å². The fourth-order valence-corrected chi connectivity index (χ4v) is 2.79. The molecule has 1 aromatic rings. The van der Waals surface area contributed by atoms with Crippen molar-refractivity contribution >= 4 is 15.9 Å². The number of likely N-dealkylation sites (tertiary alicyclic amines) is 1. The van der Waals surface area contributed by atoms with Crippen LogP contribution in [0.3, 0.4) is 0 Å². The van der Waals surface area contributed by atoms with Gasteiger partial charge in [-0.25, -0.2) is 0 Å². The van der Waals surface area contributed by atoms with Crippen LogP contribution < -0.4 is 5.32 Å². The highest BCUT2D eigenvalue weighted by Crippen LogP contribution is 2.16. The second-order valence-electron chi connectivity index (χ2n) is 5.14. The highest BCUT2D eigenvalue weighted by molar-refractivity contribution is 9.10. The summed E-state index contributed by atoms with van der Waals surface area (Å²) in [5.74, 6) is 0.864. The van der Waals surface area contributed by atoms with Gasteiger partial charge in [-0.3, -0.25) is 0 Å². The van der Waals surface area contributed by atoms with Crippen LogP contribution in [0.1, 0.15) is 25.3 Å². The predicted molar refractivity (Wildman–Crippen MR) is 80.7 cm³/mol. The molecule has 0 atom stereocenters. The van der Waals surface area contributed by atoms with E-state index in [9.17, 15) is 0 Å². The van der Waals surface area contributed by atoms with Crippen molar-refractivity contribution in [3.8, 4) is 0 Å².